The van der Waals surface area contributed by atoms with Gasteiger partial charge in [-0.1, -0.05) is 20.8 Å². The fraction of sp³-hybridized carbons (Fsp3) is 0.786. The Kier molecular flexibility index (Phi) is 5.15. The molecule has 1 aliphatic rings. The molecule has 0 aromatic carbocycles. The van der Waals surface area contributed by atoms with Crippen molar-refractivity contribution < 1.29 is 0 Å². The van der Waals surface area contributed by atoms with Crippen LogP contribution in [-0.4, -0.2) is 35.1 Å². The molecule has 2 unspecified atom stereocenters. The van der Waals surface area contributed by atoms with E-state index in [1.54, 1.807) is 11.3 Å². The largest absolute Gasteiger partial charge is 0.311 e. The van der Waals surface area contributed by atoms with Crippen LogP contribution < -0.4 is 5.32 Å². The highest BCUT2D eigenvalue weighted by atomic mass is 32.1. The monoisotopic (exact) mass is 267 g/mol. The standard InChI is InChI=1S/C14H25N3S/c1-4-12-8-17(9-14-7-15-10-18-14)13(6-16-12)5-11(2)3/h7,10-13,16H,4-6,8-9H2,1-3H3. The van der Waals surface area contributed by atoms with Gasteiger partial charge in [0.05, 0.1) is 5.51 Å². The van der Waals surface area contributed by atoms with Gasteiger partial charge >= 0.3 is 0 Å². The summed E-state index contributed by atoms with van der Waals surface area (Å²) in [5, 5.41) is 3.68. The van der Waals surface area contributed by atoms with E-state index in [-0.39, 0.29) is 0 Å². The third-order valence-electron chi connectivity index (χ3n) is 3.69. The maximum Gasteiger partial charge on any atom is 0.0794 e. The van der Waals surface area contributed by atoms with Crippen LogP contribution in [0.4, 0.5) is 0 Å². The van der Waals surface area contributed by atoms with Crippen molar-refractivity contribution in [3.05, 3.63) is 16.6 Å². The second kappa shape index (κ2) is 6.64. The summed E-state index contributed by atoms with van der Waals surface area (Å²) >= 11 is 1.77. The Morgan fingerprint density at radius 2 is 2.39 bits per heavy atom. The molecule has 4 heteroatoms. The predicted molar refractivity (Wildman–Crippen MR) is 77.8 cm³/mol. The number of aromatic nitrogens is 1. The van der Waals surface area contributed by atoms with Crippen LogP contribution in [0, 0.1) is 5.92 Å². The molecule has 18 heavy (non-hydrogen) atoms. The van der Waals surface area contributed by atoms with Gasteiger partial charge in [-0.15, -0.1) is 11.3 Å². The highest BCUT2D eigenvalue weighted by Crippen LogP contribution is 2.20. The highest BCUT2D eigenvalue weighted by Gasteiger charge is 2.27. The van der Waals surface area contributed by atoms with Gasteiger partial charge in [0.15, 0.2) is 0 Å². The van der Waals surface area contributed by atoms with Gasteiger partial charge in [0, 0.05) is 42.8 Å². The molecular weight excluding hydrogens is 242 g/mol. The topological polar surface area (TPSA) is 28.2 Å². The summed E-state index contributed by atoms with van der Waals surface area (Å²) in [7, 11) is 0. The van der Waals surface area contributed by atoms with Crippen LogP contribution >= 0.6 is 11.3 Å². The lowest BCUT2D eigenvalue weighted by Gasteiger charge is -2.40. The van der Waals surface area contributed by atoms with E-state index in [0.717, 1.165) is 19.0 Å². The third kappa shape index (κ3) is 3.77. The first-order valence-corrected chi connectivity index (χ1v) is 7.91. The lowest BCUT2D eigenvalue weighted by Crippen LogP contribution is -2.56. The molecular formula is C14H25N3S. The molecule has 1 aromatic heterocycles. The van der Waals surface area contributed by atoms with Gasteiger partial charge in [-0.25, -0.2) is 0 Å². The smallest absolute Gasteiger partial charge is 0.0794 e. The molecule has 1 saturated heterocycles. The first-order chi connectivity index (χ1) is 8.69. The number of hydrogen-bond acceptors (Lipinski definition) is 4. The molecule has 0 spiro atoms. The molecule has 0 saturated carbocycles. The predicted octanol–water partition coefficient (Wildman–Crippen LogP) is 2.74. The van der Waals surface area contributed by atoms with Crippen LogP contribution in [0.25, 0.3) is 0 Å². The Morgan fingerprint density at radius 1 is 1.56 bits per heavy atom. The first-order valence-electron chi connectivity index (χ1n) is 7.03. The molecule has 1 aliphatic heterocycles. The van der Waals surface area contributed by atoms with E-state index < -0.39 is 0 Å². The SMILES string of the molecule is CCC1CN(Cc2cncs2)C(CC(C)C)CN1. The summed E-state index contributed by atoms with van der Waals surface area (Å²) in [6.07, 6.45) is 4.51. The Bertz CT molecular complexity index is 337. The number of piperazine rings is 1. The maximum atomic E-state index is 4.19. The van der Waals surface area contributed by atoms with E-state index in [9.17, 15) is 0 Å². The molecule has 102 valence electrons. The van der Waals surface area contributed by atoms with Gasteiger partial charge in [0.2, 0.25) is 0 Å². The average Bonchev–Trinajstić information content (AvgIpc) is 2.83. The molecule has 3 nitrogen and oxygen atoms in total. The zero-order valence-corrected chi connectivity index (χ0v) is 12.5. The Morgan fingerprint density at radius 3 is 3.00 bits per heavy atom. The normalized spacial score (nSPS) is 25.8. The van der Waals surface area contributed by atoms with E-state index in [4.69, 9.17) is 0 Å². The summed E-state index contributed by atoms with van der Waals surface area (Å²) in [5.74, 6) is 0.763. The van der Waals surface area contributed by atoms with E-state index in [2.05, 4.69) is 36.0 Å². The molecule has 1 N–H and O–H groups in total. The fourth-order valence-corrected chi connectivity index (χ4v) is 3.31. The van der Waals surface area contributed by atoms with Gasteiger partial charge < -0.3 is 5.32 Å². The van der Waals surface area contributed by atoms with Crippen molar-refractivity contribution in [1.82, 2.24) is 15.2 Å². The summed E-state index contributed by atoms with van der Waals surface area (Å²) in [5.41, 5.74) is 1.94. The van der Waals surface area contributed by atoms with Crippen molar-refractivity contribution in [3.8, 4) is 0 Å². The third-order valence-corrected chi connectivity index (χ3v) is 4.46. The van der Waals surface area contributed by atoms with Crippen molar-refractivity contribution in [3.63, 3.8) is 0 Å². The van der Waals surface area contributed by atoms with Crippen molar-refractivity contribution in [2.75, 3.05) is 13.1 Å². The second-order valence-electron chi connectivity index (χ2n) is 5.69. The zero-order chi connectivity index (χ0) is 13.0. The number of hydrogen-bond donors (Lipinski definition) is 1. The Labute approximate surface area is 115 Å². The minimum Gasteiger partial charge on any atom is -0.311 e. The first kappa shape index (κ1) is 14.0. The zero-order valence-electron chi connectivity index (χ0n) is 11.7. The van der Waals surface area contributed by atoms with Gasteiger partial charge in [-0.2, -0.15) is 0 Å². The van der Waals surface area contributed by atoms with Crippen LogP contribution in [0.1, 0.15) is 38.5 Å². The number of rotatable bonds is 5. The number of nitrogens with zero attached hydrogens (tertiary/aromatic N) is 2. The minimum absolute atomic E-state index is 0.654. The van der Waals surface area contributed by atoms with E-state index >= 15 is 0 Å². The molecule has 2 heterocycles. The Balaban J connectivity index is 1.99. The van der Waals surface area contributed by atoms with Crippen molar-refractivity contribution >= 4 is 11.3 Å². The maximum absolute atomic E-state index is 4.19. The lowest BCUT2D eigenvalue weighted by molar-refractivity contribution is 0.106. The number of thiazole rings is 1. The summed E-state index contributed by atoms with van der Waals surface area (Å²) in [6, 6.07) is 1.33. The summed E-state index contributed by atoms with van der Waals surface area (Å²) < 4.78 is 0. The van der Waals surface area contributed by atoms with Gasteiger partial charge in [-0.3, -0.25) is 9.88 Å². The van der Waals surface area contributed by atoms with Crippen LogP contribution in [0.15, 0.2) is 11.7 Å². The minimum atomic E-state index is 0.654. The van der Waals surface area contributed by atoms with Crippen LogP contribution in [-0.2, 0) is 6.54 Å². The second-order valence-corrected chi connectivity index (χ2v) is 6.66. The summed E-state index contributed by atoms with van der Waals surface area (Å²) in [4.78, 5) is 8.23. The van der Waals surface area contributed by atoms with E-state index in [1.807, 2.05) is 11.7 Å². The van der Waals surface area contributed by atoms with Gasteiger partial charge in [0.1, 0.15) is 0 Å². The van der Waals surface area contributed by atoms with Crippen LogP contribution in [0.2, 0.25) is 0 Å². The van der Waals surface area contributed by atoms with Crippen LogP contribution in [0.3, 0.4) is 0 Å². The quantitative estimate of drug-likeness (QED) is 0.889. The molecule has 2 atom stereocenters. The molecule has 1 fully saturated rings. The average molecular weight is 267 g/mol. The van der Waals surface area contributed by atoms with Crippen molar-refractivity contribution in [2.24, 2.45) is 5.92 Å². The molecule has 0 amide bonds. The van der Waals surface area contributed by atoms with Crippen molar-refractivity contribution in [1.29, 1.82) is 0 Å². The number of nitrogens with one attached hydrogen (secondary N) is 1. The van der Waals surface area contributed by atoms with Gasteiger partial charge in [0.25, 0.3) is 0 Å². The van der Waals surface area contributed by atoms with E-state index in [1.165, 1.54) is 24.3 Å². The molecule has 0 bridgehead atoms. The Hall–Kier alpha value is -0.450. The summed E-state index contributed by atoms with van der Waals surface area (Å²) in [6.45, 7) is 10.3. The lowest BCUT2D eigenvalue weighted by atomic mass is 9.98. The molecule has 2 rings (SSSR count). The van der Waals surface area contributed by atoms with Crippen molar-refractivity contribution in [2.45, 2.75) is 52.2 Å². The fourth-order valence-electron chi connectivity index (χ4n) is 2.69. The highest BCUT2D eigenvalue weighted by molar-refractivity contribution is 7.09. The van der Waals surface area contributed by atoms with Crippen LogP contribution in [0.5, 0.6) is 0 Å². The molecule has 0 aliphatic carbocycles. The van der Waals surface area contributed by atoms with Gasteiger partial charge in [-0.05, 0) is 18.8 Å². The van der Waals surface area contributed by atoms with E-state index in [0.29, 0.717) is 12.1 Å². The molecule has 1 aromatic rings. The molecule has 0 radical (unpaired) electrons.